The number of carbonyl (C=O) groups excluding carboxylic acids is 1. The predicted octanol–water partition coefficient (Wildman–Crippen LogP) is 1.83. The molecule has 1 amide bonds. The maximum absolute atomic E-state index is 12.1. The molecule has 0 N–H and O–H groups in total. The molecule has 0 radical (unpaired) electrons. The third-order valence-corrected chi connectivity index (χ3v) is 4.34. The van der Waals surface area contributed by atoms with Crippen molar-refractivity contribution in [3.05, 3.63) is 29.8 Å². The number of imidazole rings is 1. The highest BCUT2D eigenvalue weighted by Gasteiger charge is 2.14. The van der Waals surface area contributed by atoms with Gasteiger partial charge in [-0.25, -0.2) is 9.97 Å². The van der Waals surface area contributed by atoms with Crippen LogP contribution in [0.15, 0.2) is 28.4 Å². The lowest BCUT2D eigenvalue weighted by atomic mass is 10.4. The summed E-state index contributed by atoms with van der Waals surface area (Å²) in [5.74, 6) is -0.0355. The van der Waals surface area contributed by atoms with E-state index in [4.69, 9.17) is 0 Å². The zero-order valence-electron chi connectivity index (χ0n) is 10.2. The number of hydrogen-bond donors (Lipinski definition) is 0. The van der Waals surface area contributed by atoms with Crippen LogP contribution in [-0.2, 0) is 6.54 Å². The standard InChI is InChI=1S/C11H14N4OS2/c1-14(5-6-15-4-3-12-8-15)10(16)9-7-18-11(13-9)17-2/h3-4,7-8H,5-6H2,1-2H3. The normalized spacial score (nSPS) is 10.6. The van der Waals surface area contributed by atoms with Crippen molar-refractivity contribution in [3.63, 3.8) is 0 Å². The van der Waals surface area contributed by atoms with Gasteiger partial charge in [0.1, 0.15) is 10.0 Å². The second kappa shape index (κ2) is 6.01. The van der Waals surface area contributed by atoms with E-state index in [0.717, 1.165) is 10.9 Å². The van der Waals surface area contributed by atoms with Crippen molar-refractivity contribution in [2.45, 2.75) is 10.9 Å². The lowest BCUT2D eigenvalue weighted by Crippen LogP contribution is -2.30. The molecule has 0 aliphatic rings. The minimum Gasteiger partial charge on any atom is -0.339 e. The van der Waals surface area contributed by atoms with Crippen LogP contribution in [0.5, 0.6) is 0 Å². The summed E-state index contributed by atoms with van der Waals surface area (Å²) in [5.41, 5.74) is 0.525. The second-order valence-electron chi connectivity index (χ2n) is 3.73. The lowest BCUT2D eigenvalue weighted by molar-refractivity contribution is 0.0785. The summed E-state index contributed by atoms with van der Waals surface area (Å²) in [6.07, 6.45) is 7.31. The molecule has 0 bridgehead atoms. The molecular weight excluding hydrogens is 268 g/mol. The van der Waals surface area contributed by atoms with Gasteiger partial charge in [0.05, 0.1) is 6.33 Å². The van der Waals surface area contributed by atoms with Crippen molar-refractivity contribution in [1.29, 1.82) is 0 Å². The van der Waals surface area contributed by atoms with Crippen LogP contribution in [0.25, 0.3) is 0 Å². The molecule has 96 valence electrons. The second-order valence-corrected chi connectivity index (χ2v) is 5.64. The molecule has 2 aromatic rings. The highest BCUT2D eigenvalue weighted by Crippen LogP contribution is 2.20. The van der Waals surface area contributed by atoms with E-state index in [2.05, 4.69) is 9.97 Å². The van der Waals surface area contributed by atoms with Gasteiger partial charge in [-0.3, -0.25) is 4.79 Å². The number of nitrogens with zero attached hydrogens (tertiary/aromatic N) is 4. The van der Waals surface area contributed by atoms with Crippen molar-refractivity contribution < 1.29 is 4.79 Å². The summed E-state index contributed by atoms with van der Waals surface area (Å²) >= 11 is 3.05. The van der Waals surface area contributed by atoms with Crippen molar-refractivity contribution in [1.82, 2.24) is 19.4 Å². The number of likely N-dealkylation sites (N-methyl/N-ethyl adjacent to an activating group) is 1. The summed E-state index contributed by atoms with van der Waals surface area (Å²) in [5, 5.41) is 1.81. The van der Waals surface area contributed by atoms with Crippen molar-refractivity contribution >= 4 is 29.0 Å². The van der Waals surface area contributed by atoms with E-state index in [1.165, 1.54) is 11.3 Å². The van der Waals surface area contributed by atoms with Gasteiger partial charge in [0.2, 0.25) is 0 Å². The van der Waals surface area contributed by atoms with Crippen LogP contribution in [0.3, 0.4) is 0 Å². The molecule has 0 aliphatic carbocycles. The molecule has 0 atom stereocenters. The first-order valence-electron chi connectivity index (χ1n) is 5.41. The summed E-state index contributed by atoms with van der Waals surface area (Å²) in [6.45, 7) is 1.38. The first kappa shape index (κ1) is 13.1. The Bertz CT molecular complexity index is 509. The highest BCUT2D eigenvalue weighted by atomic mass is 32.2. The van der Waals surface area contributed by atoms with Crippen molar-refractivity contribution in [3.8, 4) is 0 Å². The maximum atomic E-state index is 12.1. The van der Waals surface area contributed by atoms with Crippen LogP contribution in [0.1, 0.15) is 10.5 Å². The molecule has 0 aliphatic heterocycles. The number of carbonyl (C=O) groups is 1. The summed E-state index contributed by atoms with van der Waals surface area (Å²) < 4.78 is 2.86. The topological polar surface area (TPSA) is 51.0 Å². The van der Waals surface area contributed by atoms with Crippen LogP contribution >= 0.6 is 23.1 Å². The van der Waals surface area contributed by atoms with E-state index in [-0.39, 0.29) is 5.91 Å². The lowest BCUT2D eigenvalue weighted by Gasteiger charge is -2.15. The SMILES string of the molecule is CSc1nc(C(=O)N(C)CCn2ccnc2)cs1. The third kappa shape index (κ3) is 3.11. The predicted molar refractivity (Wildman–Crippen MR) is 73.1 cm³/mol. The monoisotopic (exact) mass is 282 g/mol. The van der Waals surface area contributed by atoms with E-state index in [1.54, 1.807) is 36.2 Å². The van der Waals surface area contributed by atoms with Gasteiger partial charge >= 0.3 is 0 Å². The molecule has 2 heterocycles. The molecule has 0 spiro atoms. The largest absolute Gasteiger partial charge is 0.339 e. The summed E-state index contributed by atoms with van der Waals surface area (Å²) in [7, 11) is 1.79. The van der Waals surface area contributed by atoms with Gasteiger partial charge in [0, 0.05) is 37.9 Å². The molecular formula is C11H14N4OS2. The molecule has 2 rings (SSSR count). The number of thioether (sulfide) groups is 1. The average molecular weight is 282 g/mol. The van der Waals surface area contributed by atoms with Crippen LogP contribution < -0.4 is 0 Å². The fraction of sp³-hybridized carbons (Fsp3) is 0.364. The first-order valence-corrected chi connectivity index (χ1v) is 7.52. The van der Waals surface area contributed by atoms with Gasteiger partial charge in [-0.1, -0.05) is 11.8 Å². The Morgan fingerprint density at radius 3 is 3.06 bits per heavy atom. The number of amides is 1. The Labute approximate surface area is 114 Å². The molecule has 0 aromatic carbocycles. The van der Waals surface area contributed by atoms with Gasteiger partial charge in [-0.2, -0.15) is 0 Å². The van der Waals surface area contributed by atoms with E-state index < -0.39 is 0 Å². The van der Waals surface area contributed by atoms with Gasteiger partial charge < -0.3 is 9.47 Å². The molecule has 0 unspecified atom stereocenters. The Morgan fingerprint density at radius 2 is 2.44 bits per heavy atom. The summed E-state index contributed by atoms with van der Waals surface area (Å²) in [6, 6.07) is 0. The Balaban J connectivity index is 1.92. The van der Waals surface area contributed by atoms with Gasteiger partial charge in [0.15, 0.2) is 0 Å². The summed E-state index contributed by atoms with van der Waals surface area (Å²) in [4.78, 5) is 22.0. The molecule has 0 saturated heterocycles. The molecule has 0 fully saturated rings. The van der Waals surface area contributed by atoms with E-state index >= 15 is 0 Å². The van der Waals surface area contributed by atoms with Crippen LogP contribution in [0.2, 0.25) is 0 Å². The Morgan fingerprint density at radius 1 is 1.61 bits per heavy atom. The van der Waals surface area contributed by atoms with E-state index in [9.17, 15) is 4.79 Å². The van der Waals surface area contributed by atoms with Gasteiger partial charge in [-0.15, -0.1) is 11.3 Å². The minimum atomic E-state index is -0.0355. The molecule has 2 aromatic heterocycles. The van der Waals surface area contributed by atoms with E-state index in [0.29, 0.717) is 12.2 Å². The number of hydrogen-bond acceptors (Lipinski definition) is 5. The molecule has 7 heteroatoms. The number of rotatable bonds is 5. The fourth-order valence-corrected chi connectivity index (χ4v) is 2.67. The molecule has 18 heavy (non-hydrogen) atoms. The Hall–Kier alpha value is -1.34. The quantitative estimate of drug-likeness (QED) is 0.785. The van der Waals surface area contributed by atoms with Crippen LogP contribution in [0, 0.1) is 0 Å². The average Bonchev–Trinajstić information content (AvgIpc) is 3.05. The van der Waals surface area contributed by atoms with Crippen molar-refractivity contribution in [2.75, 3.05) is 19.8 Å². The number of aromatic nitrogens is 3. The highest BCUT2D eigenvalue weighted by molar-refractivity contribution is 8.00. The first-order chi connectivity index (χ1) is 8.70. The van der Waals surface area contributed by atoms with Gasteiger partial charge in [-0.05, 0) is 6.26 Å². The zero-order chi connectivity index (χ0) is 13.0. The minimum absolute atomic E-state index is 0.0355. The smallest absolute Gasteiger partial charge is 0.273 e. The molecule has 5 nitrogen and oxygen atoms in total. The van der Waals surface area contributed by atoms with Crippen molar-refractivity contribution in [2.24, 2.45) is 0 Å². The van der Waals surface area contributed by atoms with Gasteiger partial charge in [0.25, 0.3) is 5.91 Å². The zero-order valence-corrected chi connectivity index (χ0v) is 11.9. The third-order valence-electron chi connectivity index (χ3n) is 2.48. The number of thiazole rings is 1. The maximum Gasteiger partial charge on any atom is 0.273 e. The fourth-order valence-electron chi connectivity index (χ4n) is 1.43. The van der Waals surface area contributed by atoms with E-state index in [1.807, 2.05) is 22.4 Å². The van der Waals surface area contributed by atoms with Crippen LogP contribution in [0.4, 0.5) is 0 Å². The Kier molecular flexibility index (Phi) is 4.38. The van der Waals surface area contributed by atoms with Crippen LogP contribution in [-0.4, -0.2) is 45.2 Å². The molecule has 0 saturated carbocycles.